The SMILES string of the molecule is COCC(C)NC(=O)c1ccc(Cn2cccn2)o1. The molecular weight excluding hydrogens is 246 g/mol. The van der Waals surface area contributed by atoms with Crippen molar-refractivity contribution in [1.82, 2.24) is 15.1 Å². The number of rotatable bonds is 6. The Hall–Kier alpha value is -2.08. The molecule has 2 heterocycles. The molecule has 6 nitrogen and oxygen atoms in total. The number of carbonyl (C=O) groups is 1. The maximum atomic E-state index is 11.9. The van der Waals surface area contributed by atoms with Crippen LogP contribution in [0.3, 0.4) is 0 Å². The second kappa shape index (κ2) is 6.19. The van der Waals surface area contributed by atoms with Gasteiger partial charge >= 0.3 is 0 Å². The molecule has 1 amide bonds. The van der Waals surface area contributed by atoms with E-state index >= 15 is 0 Å². The number of carbonyl (C=O) groups excluding carboxylic acids is 1. The minimum atomic E-state index is -0.240. The molecule has 0 fully saturated rings. The number of aromatic nitrogens is 2. The second-order valence-corrected chi connectivity index (χ2v) is 4.30. The molecular formula is C13H17N3O3. The molecule has 1 unspecified atom stereocenters. The third kappa shape index (κ3) is 3.69. The molecule has 0 bridgehead atoms. The summed E-state index contributed by atoms with van der Waals surface area (Å²) in [7, 11) is 1.59. The van der Waals surface area contributed by atoms with Crippen LogP contribution < -0.4 is 5.32 Å². The van der Waals surface area contributed by atoms with Crippen LogP contribution in [0.4, 0.5) is 0 Å². The van der Waals surface area contributed by atoms with E-state index in [1.807, 2.05) is 19.2 Å². The van der Waals surface area contributed by atoms with Crippen LogP contribution in [0.1, 0.15) is 23.2 Å². The van der Waals surface area contributed by atoms with Gasteiger partial charge in [-0.25, -0.2) is 0 Å². The van der Waals surface area contributed by atoms with Gasteiger partial charge in [0.2, 0.25) is 0 Å². The van der Waals surface area contributed by atoms with E-state index in [0.29, 0.717) is 24.7 Å². The van der Waals surface area contributed by atoms with Crippen LogP contribution in [-0.2, 0) is 11.3 Å². The lowest BCUT2D eigenvalue weighted by molar-refractivity contribution is 0.0876. The fourth-order valence-electron chi connectivity index (χ4n) is 1.73. The van der Waals surface area contributed by atoms with Crippen LogP contribution in [0.15, 0.2) is 35.0 Å². The van der Waals surface area contributed by atoms with Crippen molar-refractivity contribution in [2.24, 2.45) is 0 Å². The first-order valence-electron chi connectivity index (χ1n) is 6.05. The number of hydrogen-bond donors (Lipinski definition) is 1. The summed E-state index contributed by atoms with van der Waals surface area (Å²) in [5, 5.41) is 6.87. The van der Waals surface area contributed by atoms with E-state index in [1.165, 1.54) is 0 Å². The molecule has 0 radical (unpaired) electrons. The van der Waals surface area contributed by atoms with Crippen LogP contribution in [0.25, 0.3) is 0 Å². The Morgan fingerprint density at radius 2 is 2.42 bits per heavy atom. The van der Waals surface area contributed by atoms with Gasteiger partial charge in [-0.1, -0.05) is 0 Å². The van der Waals surface area contributed by atoms with Crippen LogP contribution in [0.5, 0.6) is 0 Å². The predicted molar refractivity (Wildman–Crippen MR) is 68.8 cm³/mol. The smallest absolute Gasteiger partial charge is 0.287 e. The molecule has 0 saturated heterocycles. The van der Waals surface area contributed by atoms with Crippen molar-refractivity contribution < 1.29 is 13.9 Å². The van der Waals surface area contributed by atoms with Crippen molar-refractivity contribution >= 4 is 5.91 Å². The van der Waals surface area contributed by atoms with E-state index in [4.69, 9.17) is 9.15 Å². The van der Waals surface area contributed by atoms with Gasteiger partial charge in [0, 0.05) is 25.5 Å². The van der Waals surface area contributed by atoms with Gasteiger partial charge in [0.25, 0.3) is 5.91 Å². The molecule has 102 valence electrons. The van der Waals surface area contributed by atoms with Gasteiger partial charge in [-0.05, 0) is 25.1 Å². The normalized spacial score (nSPS) is 12.3. The van der Waals surface area contributed by atoms with Crippen molar-refractivity contribution in [1.29, 1.82) is 0 Å². The van der Waals surface area contributed by atoms with Crippen LogP contribution in [0.2, 0.25) is 0 Å². The average molecular weight is 263 g/mol. The summed E-state index contributed by atoms with van der Waals surface area (Å²) < 4.78 is 12.2. The van der Waals surface area contributed by atoms with Crippen molar-refractivity contribution in [3.8, 4) is 0 Å². The van der Waals surface area contributed by atoms with Crippen LogP contribution in [-0.4, -0.2) is 35.4 Å². The molecule has 2 aromatic rings. The Morgan fingerprint density at radius 3 is 3.11 bits per heavy atom. The van der Waals surface area contributed by atoms with Gasteiger partial charge in [0.1, 0.15) is 5.76 Å². The standard InChI is InChI=1S/C13H17N3O3/c1-10(9-18-2)15-13(17)12-5-4-11(19-12)8-16-7-3-6-14-16/h3-7,10H,8-9H2,1-2H3,(H,15,17). The van der Waals surface area contributed by atoms with E-state index < -0.39 is 0 Å². The summed E-state index contributed by atoms with van der Waals surface area (Å²) in [5.74, 6) is 0.745. The van der Waals surface area contributed by atoms with E-state index in [-0.39, 0.29) is 11.9 Å². The summed E-state index contributed by atoms with van der Waals surface area (Å²) in [6, 6.07) is 5.21. The molecule has 1 atom stereocenters. The van der Waals surface area contributed by atoms with Gasteiger partial charge in [-0.3, -0.25) is 9.48 Å². The minimum absolute atomic E-state index is 0.0582. The van der Waals surface area contributed by atoms with E-state index in [2.05, 4.69) is 10.4 Å². The van der Waals surface area contributed by atoms with Crippen LogP contribution in [0, 0.1) is 0 Å². The molecule has 0 aromatic carbocycles. The van der Waals surface area contributed by atoms with Gasteiger partial charge in [0.05, 0.1) is 13.2 Å². The number of nitrogens with zero attached hydrogens (tertiary/aromatic N) is 2. The van der Waals surface area contributed by atoms with Crippen molar-refractivity contribution in [2.75, 3.05) is 13.7 Å². The maximum Gasteiger partial charge on any atom is 0.287 e. The van der Waals surface area contributed by atoms with Crippen molar-refractivity contribution in [3.63, 3.8) is 0 Å². The lowest BCUT2D eigenvalue weighted by Gasteiger charge is -2.11. The molecule has 2 rings (SSSR count). The van der Waals surface area contributed by atoms with Crippen molar-refractivity contribution in [3.05, 3.63) is 42.1 Å². The predicted octanol–water partition coefficient (Wildman–Crippen LogP) is 1.29. The quantitative estimate of drug-likeness (QED) is 0.852. The summed E-state index contributed by atoms with van der Waals surface area (Å²) in [6.07, 6.45) is 3.53. The van der Waals surface area contributed by atoms with Crippen molar-refractivity contribution in [2.45, 2.75) is 19.5 Å². The Balaban J connectivity index is 1.94. The third-order valence-electron chi connectivity index (χ3n) is 2.56. The number of amides is 1. The highest BCUT2D eigenvalue weighted by molar-refractivity contribution is 5.91. The molecule has 0 aliphatic carbocycles. The largest absolute Gasteiger partial charge is 0.454 e. The number of ether oxygens (including phenoxy) is 1. The summed E-state index contributed by atoms with van der Waals surface area (Å²) in [6.45, 7) is 2.84. The lowest BCUT2D eigenvalue weighted by atomic mass is 10.3. The summed E-state index contributed by atoms with van der Waals surface area (Å²) >= 11 is 0. The minimum Gasteiger partial charge on any atom is -0.454 e. The van der Waals surface area contributed by atoms with Gasteiger partial charge in [-0.15, -0.1) is 0 Å². The summed E-state index contributed by atoms with van der Waals surface area (Å²) in [4.78, 5) is 11.9. The number of furan rings is 1. The number of nitrogens with one attached hydrogen (secondary N) is 1. The first-order valence-corrected chi connectivity index (χ1v) is 6.05. The Morgan fingerprint density at radius 1 is 1.58 bits per heavy atom. The molecule has 0 aliphatic heterocycles. The van der Waals surface area contributed by atoms with Crippen LogP contribution >= 0.6 is 0 Å². The summed E-state index contributed by atoms with van der Waals surface area (Å²) in [5.41, 5.74) is 0. The highest BCUT2D eigenvalue weighted by Gasteiger charge is 2.13. The zero-order valence-corrected chi connectivity index (χ0v) is 11.0. The lowest BCUT2D eigenvalue weighted by Crippen LogP contribution is -2.35. The molecule has 2 aromatic heterocycles. The second-order valence-electron chi connectivity index (χ2n) is 4.30. The number of hydrogen-bond acceptors (Lipinski definition) is 4. The Bertz CT molecular complexity index is 519. The van der Waals surface area contributed by atoms with Gasteiger partial charge in [-0.2, -0.15) is 5.10 Å². The fourth-order valence-corrected chi connectivity index (χ4v) is 1.73. The molecule has 6 heteroatoms. The first kappa shape index (κ1) is 13.4. The monoisotopic (exact) mass is 263 g/mol. The average Bonchev–Trinajstić information content (AvgIpc) is 3.01. The Labute approximate surface area is 111 Å². The zero-order valence-electron chi connectivity index (χ0n) is 11.0. The number of methoxy groups -OCH3 is 1. The van der Waals surface area contributed by atoms with E-state index in [0.717, 1.165) is 0 Å². The van der Waals surface area contributed by atoms with E-state index in [1.54, 1.807) is 30.1 Å². The Kier molecular flexibility index (Phi) is 4.35. The maximum absolute atomic E-state index is 11.9. The highest BCUT2D eigenvalue weighted by atomic mass is 16.5. The fraction of sp³-hybridized carbons (Fsp3) is 0.385. The molecule has 0 spiro atoms. The topological polar surface area (TPSA) is 69.3 Å². The third-order valence-corrected chi connectivity index (χ3v) is 2.56. The van der Waals surface area contributed by atoms with Gasteiger partial charge < -0.3 is 14.5 Å². The molecule has 1 N–H and O–H groups in total. The van der Waals surface area contributed by atoms with Gasteiger partial charge in [0.15, 0.2) is 5.76 Å². The molecule has 0 saturated carbocycles. The first-order chi connectivity index (χ1) is 9.19. The zero-order chi connectivity index (χ0) is 13.7. The molecule has 19 heavy (non-hydrogen) atoms. The highest BCUT2D eigenvalue weighted by Crippen LogP contribution is 2.09. The van der Waals surface area contributed by atoms with E-state index in [9.17, 15) is 4.79 Å². The molecule has 0 aliphatic rings.